The topological polar surface area (TPSA) is 9.23 Å². The lowest BCUT2D eigenvalue weighted by molar-refractivity contribution is 0.270. The van der Waals surface area contributed by atoms with Crippen molar-refractivity contribution in [2.24, 2.45) is 0 Å². The third-order valence-corrected chi connectivity index (χ3v) is 0.777. The molecule has 2 heteroatoms. The van der Waals surface area contributed by atoms with Crippen LogP contribution in [-0.4, -0.2) is 12.5 Å². The number of alkyl halides is 1. The van der Waals surface area contributed by atoms with E-state index < -0.39 is 0 Å². The molecule has 0 saturated heterocycles. The summed E-state index contributed by atoms with van der Waals surface area (Å²) in [5.41, 5.74) is 0. The number of hydrogen-bond donors (Lipinski definition) is 0. The normalized spacial score (nSPS) is 10.2. The summed E-state index contributed by atoms with van der Waals surface area (Å²) in [5, 5.41) is 0. The Hall–Kier alpha value is -0.170. The zero-order valence-corrected chi connectivity index (χ0v) is 5.82. The van der Waals surface area contributed by atoms with Gasteiger partial charge in [-0.05, 0) is 6.42 Å². The van der Waals surface area contributed by atoms with Gasteiger partial charge >= 0.3 is 0 Å². The average molecular weight is 135 g/mol. The van der Waals surface area contributed by atoms with Crippen molar-refractivity contribution < 1.29 is 4.74 Å². The zero-order valence-electron chi connectivity index (χ0n) is 5.06. The third-order valence-electron chi connectivity index (χ3n) is 0.623. The number of allylic oxidation sites excluding steroid dienone is 1. The van der Waals surface area contributed by atoms with Crippen molar-refractivity contribution in [3.05, 3.63) is 12.3 Å². The molecule has 0 atom stereocenters. The molecule has 0 saturated carbocycles. The fourth-order valence-corrected chi connectivity index (χ4v) is 0.366. The number of ether oxygens (including phenoxy) is 1. The van der Waals surface area contributed by atoms with Crippen LogP contribution in [0.1, 0.15) is 13.3 Å². The fraction of sp³-hybridized carbons (Fsp3) is 0.667. The highest BCUT2D eigenvalue weighted by Gasteiger charge is 1.73. The molecule has 0 N–H and O–H groups in total. The van der Waals surface area contributed by atoms with Crippen LogP contribution in [0.4, 0.5) is 0 Å². The maximum absolute atomic E-state index is 5.32. The second-order valence-electron chi connectivity index (χ2n) is 1.34. The second-order valence-corrected chi connectivity index (χ2v) is 1.72. The molecule has 0 aromatic rings. The minimum Gasteiger partial charge on any atom is -0.500 e. The van der Waals surface area contributed by atoms with Gasteiger partial charge in [-0.15, -0.1) is 11.6 Å². The van der Waals surface area contributed by atoms with Gasteiger partial charge in [0, 0.05) is 0 Å². The van der Waals surface area contributed by atoms with Gasteiger partial charge in [0.15, 0.2) is 0 Å². The van der Waals surface area contributed by atoms with Crippen molar-refractivity contribution >= 4 is 11.6 Å². The van der Waals surface area contributed by atoms with Crippen molar-refractivity contribution in [3.8, 4) is 0 Å². The quantitative estimate of drug-likeness (QED) is 0.325. The molecular formula is C6H11ClO. The summed E-state index contributed by atoms with van der Waals surface area (Å²) in [6, 6.07) is 0. The van der Waals surface area contributed by atoms with Crippen molar-refractivity contribution in [1.82, 2.24) is 0 Å². The molecule has 0 aliphatic heterocycles. The van der Waals surface area contributed by atoms with Gasteiger partial charge in [0.05, 0.1) is 12.1 Å². The summed E-state index contributed by atoms with van der Waals surface area (Å²) in [5.74, 6) is 0.564. The summed E-state index contributed by atoms with van der Waals surface area (Å²) in [4.78, 5) is 0. The monoisotopic (exact) mass is 134 g/mol. The maximum Gasteiger partial charge on any atom is 0.101 e. The summed E-state index contributed by atoms with van der Waals surface area (Å²) in [6.45, 7) is 2.67. The highest BCUT2D eigenvalue weighted by atomic mass is 35.5. The van der Waals surface area contributed by atoms with Gasteiger partial charge in [-0.2, -0.15) is 0 Å². The van der Waals surface area contributed by atoms with Crippen LogP contribution in [0.2, 0.25) is 0 Å². The SMILES string of the molecule is CCC=COCCCl. The van der Waals surface area contributed by atoms with Crippen LogP contribution in [0.3, 0.4) is 0 Å². The van der Waals surface area contributed by atoms with E-state index >= 15 is 0 Å². The van der Waals surface area contributed by atoms with Crippen LogP contribution < -0.4 is 0 Å². The van der Waals surface area contributed by atoms with E-state index in [1.165, 1.54) is 0 Å². The molecule has 0 aliphatic rings. The van der Waals surface area contributed by atoms with Gasteiger partial charge in [-0.3, -0.25) is 0 Å². The molecule has 0 fully saturated rings. The Labute approximate surface area is 55.3 Å². The van der Waals surface area contributed by atoms with E-state index in [1.54, 1.807) is 6.26 Å². The highest BCUT2D eigenvalue weighted by molar-refractivity contribution is 6.17. The predicted molar refractivity (Wildman–Crippen MR) is 36.1 cm³/mol. The molecule has 0 amide bonds. The summed E-state index contributed by atoms with van der Waals surface area (Å²) in [7, 11) is 0. The number of rotatable bonds is 4. The Balaban J connectivity index is 2.80. The van der Waals surface area contributed by atoms with E-state index in [-0.39, 0.29) is 0 Å². The van der Waals surface area contributed by atoms with Crippen LogP contribution in [0.15, 0.2) is 12.3 Å². The van der Waals surface area contributed by atoms with Crippen LogP contribution in [0.5, 0.6) is 0 Å². The largest absolute Gasteiger partial charge is 0.500 e. The second kappa shape index (κ2) is 6.83. The zero-order chi connectivity index (χ0) is 6.24. The van der Waals surface area contributed by atoms with Gasteiger partial charge in [0.1, 0.15) is 6.61 Å². The van der Waals surface area contributed by atoms with E-state index in [1.807, 2.05) is 6.08 Å². The van der Waals surface area contributed by atoms with Gasteiger partial charge in [-0.1, -0.05) is 13.0 Å². The molecule has 0 spiro atoms. The van der Waals surface area contributed by atoms with Crippen LogP contribution >= 0.6 is 11.6 Å². The Bertz CT molecular complexity index is 61.5. The molecule has 0 radical (unpaired) electrons. The molecule has 8 heavy (non-hydrogen) atoms. The van der Waals surface area contributed by atoms with E-state index in [4.69, 9.17) is 16.3 Å². The van der Waals surface area contributed by atoms with Gasteiger partial charge < -0.3 is 4.74 Å². The average Bonchev–Trinajstić information content (AvgIpc) is 1.81. The predicted octanol–water partition coefficient (Wildman–Crippen LogP) is 2.17. The first-order chi connectivity index (χ1) is 3.91. The van der Waals surface area contributed by atoms with Crippen LogP contribution in [0.25, 0.3) is 0 Å². The summed E-state index contributed by atoms with van der Waals surface area (Å²) < 4.78 is 4.91. The third kappa shape index (κ3) is 5.83. The minimum absolute atomic E-state index is 0.564. The molecule has 0 aromatic heterocycles. The molecular weight excluding hydrogens is 124 g/mol. The first kappa shape index (κ1) is 7.83. The first-order valence-corrected chi connectivity index (χ1v) is 3.27. The Morgan fingerprint density at radius 2 is 2.38 bits per heavy atom. The van der Waals surface area contributed by atoms with Gasteiger partial charge in [0.25, 0.3) is 0 Å². The fourth-order valence-electron chi connectivity index (χ4n) is 0.277. The lowest BCUT2D eigenvalue weighted by Gasteiger charge is -1.91. The molecule has 0 heterocycles. The number of hydrogen-bond acceptors (Lipinski definition) is 1. The van der Waals surface area contributed by atoms with E-state index in [2.05, 4.69) is 6.92 Å². The Kier molecular flexibility index (Phi) is 6.68. The summed E-state index contributed by atoms with van der Waals surface area (Å²) >= 11 is 5.32. The van der Waals surface area contributed by atoms with Gasteiger partial charge in [0.2, 0.25) is 0 Å². The van der Waals surface area contributed by atoms with Gasteiger partial charge in [-0.25, -0.2) is 0 Å². The van der Waals surface area contributed by atoms with Crippen LogP contribution in [0, 0.1) is 0 Å². The smallest absolute Gasteiger partial charge is 0.101 e. The van der Waals surface area contributed by atoms with Crippen molar-refractivity contribution in [3.63, 3.8) is 0 Å². The summed E-state index contributed by atoms with van der Waals surface area (Å²) in [6.07, 6.45) is 4.65. The van der Waals surface area contributed by atoms with Crippen LogP contribution in [-0.2, 0) is 4.74 Å². The van der Waals surface area contributed by atoms with E-state index in [9.17, 15) is 0 Å². The molecule has 0 bridgehead atoms. The number of halogens is 1. The molecule has 0 aliphatic carbocycles. The van der Waals surface area contributed by atoms with Crippen molar-refractivity contribution in [1.29, 1.82) is 0 Å². The molecule has 48 valence electrons. The standard InChI is InChI=1S/C6H11ClO/c1-2-3-5-8-6-4-7/h3,5H,2,4,6H2,1H3. The highest BCUT2D eigenvalue weighted by Crippen LogP contribution is 1.82. The van der Waals surface area contributed by atoms with Crippen molar-refractivity contribution in [2.45, 2.75) is 13.3 Å². The molecule has 0 rings (SSSR count). The van der Waals surface area contributed by atoms with Crippen molar-refractivity contribution in [2.75, 3.05) is 12.5 Å². The lowest BCUT2D eigenvalue weighted by atomic mass is 10.5. The lowest BCUT2D eigenvalue weighted by Crippen LogP contribution is -1.85. The Morgan fingerprint density at radius 1 is 1.62 bits per heavy atom. The molecule has 1 nitrogen and oxygen atoms in total. The van der Waals surface area contributed by atoms with E-state index in [0.29, 0.717) is 12.5 Å². The first-order valence-electron chi connectivity index (χ1n) is 2.74. The molecule has 0 unspecified atom stereocenters. The minimum atomic E-state index is 0.564. The maximum atomic E-state index is 5.32. The Morgan fingerprint density at radius 3 is 2.88 bits per heavy atom. The molecule has 0 aromatic carbocycles. The van der Waals surface area contributed by atoms with E-state index in [0.717, 1.165) is 6.42 Å².